The van der Waals surface area contributed by atoms with Crippen molar-refractivity contribution in [1.29, 1.82) is 0 Å². The van der Waals surface area contributed by atoms with Crippen LogP contribution in [0.5, 0.6) is 0 Å². The van der Waals surface area contributed by atoms with E-state index >= 15 is 0 Å². The molecule has 0 aliphatic heterocycles. The first-order valence-electron chi connectivity index (χ1n) is 6.84. The molecule has 0 bridgehead atoms. The van der Waals surface area contributed by atoms with Crippen LogP contribution in [0.2, 0.25) is 10.0 Å². The number of nitro groups is 1. The highest BCUT2D eigenvalue weighted by Gasteiger charge is 2.17. The van der Waals surface area contributed by atoms with Crippen molar-refractivity contribution in [3.05, 3.63) is 78.6 Å². The average molecular weight is 379 g/mol. The second-order valence-corrected chi connectivity index (χ2v) is 5.85. The second kappa shape index (κ2) is 6.54. The van der Waals surface area contributed by atoms with Crippen LogP contribution in [-0.2, 0) is 0 Å². The molecule has 0 spiro atoms. The standard InChI is InChI=1S/C16H8Cl2N2O5/c17-9-1-3-13(12(18)7-9)19-15(21)11-6-8-5-10(20(23)24)2-4-14(8)25-16(11)22/h1-7H,(H,19,21). The van der Waals surface area contributed by atoms with E-state index in [1.807, 2.05) is 0 Å². The van der Waals surface area contributed by atoms with E-state index in [2.05, 4.69) is 5.32 Å². The molecule has 126 valence electrons. The highest BCUT2D eigenvalue weighted by Crippen LogP contribution is 2.26. The van der Waals surface area contributed by atoms with Crippen molar-refractivity contribution in [2.75, 3.05) is 5.32 Å². The Hall–Kier alpha value is -2.90. The lowest BCUT2D eigenvalue weighted by Crippen LogP contribution is -2.20. The van der Waals surface area contributed by atoms with E-state index in [9.17, 15) is 19.7 Å². The van der Waals surface area contributed by atoms with Crippen molar-refractivity contribution in [1.82, 2.24) is 0 Å². The number of nitrogens with zero attached hydrogens (tertiary/aromatic N) is 1. The minimum Gasteiger partial charge on any atom is -0.422 e. The van der Waals surface area contributed by atoms with Crippen molar-refractivity contribution < 1.29 is 14.1 Å². The zero-order chi connectivity index (χ0) is 18.1. The van der Waals surface area contributed by atoms with Crippen LogP contribution in [-0.4, -0.2) is 10.8 Å². The Kier molecular flexibility index (Phi) is 4.43. The van der Waals surface area contributed by atoms with Gasteiger partial charge in [-0.1, -0.05) is 23.2 Å². The van der Waals surface area contributed by atoms with E-state index in [0.29, 0.717) is 5.02 Å². The molecule has 0 saturated heterocycles. The van der Waals surface area contributed by atoms with Crippen molar-refractivity contribution in [3.63, 3.8) is 0 Å². The predicted octanol–water partition coefficient (Wildman–Crippen LogP) is 4.26. The van der Waals surface area contributed by atoms with Gasteiger partial charge in [0.1, 0.15) is 11.1 Å². The normalized spacial score (nSPS) is 10.6. The summed E-state index contributed by atoms with van der Waals surface area (Å²) < 4.78 is 5.04. The molecule has 25 heavy (non-hydrogen) atoms. The minimum atomic E-state index is -0.871. The van der Waals surface area contributed by atoms with Crippen LogP contribution in [0.1, 0.15) is 10.4 Å². The summed E-state index contributed by atoms with van der Waals surface area (Å²) in [5, 5.41) is 14.2. The number of carbonyl (C=O) groups is 1. The molecule has 1 N–H and O–H groups in total. The average Bonchev–Trinajstić information content (AvgIpc) is 2.56. The molecule has 3 rings (SSSR count). The molecule has 0 unspecified atom stereocenters. The van der Waals surface area contributed by atoms with Gasteiger partial charge in [0.2, 0.25) is 0 Å². The number of halogens is 2. The van der Waals surface area contributed by atoms with E-state index < -0.39 is 16.5 Å². The van der Waals surface area contributed by atoms with Crippen molar-refractivity contribution in [2.24, 2.45) is 0 Å². The second-order valence-electron chi connectivity index (χ2n) is 5.01. The van der Waals surface area contributed by atoms with Gasteiger partial charge in [0.25, 0.3) is 11.6 Å². The topological polar surface area (TPSA) is 102 Å². The van der Waals surface area contributed by atoms with Gasteiger partial charge in [-0.2, -0.15) is 0 Å². The number of rotatable bonds is 3. The fourth-order valence-corrected chi connectivity index (χ4v) is 2.62. The first-order valence-corrected chi connectivity index (χ1v) is 7.59. The molecule has 0 saturated carbocycles. The lowest BCUT2D eigenvalue weighted by atomic mass is 10.1. The number of anilines is 1. The molecule has 9 heteroatoms. The van der Waals surface area contributed by atoms with Gasteiger partial charge in [0.05, 0.1) is 15.6 Å². The van der Waals surface area contributed by atoms with Crippen molar-refractivity contribution in [3.8, 4) is 0 Å². The Bertz CT molecular complexity index is 1080. The molecule has 0 aliphatic carbocycles. The van der Waals surface area contributed by atoms with Crippen LogP contribution >= 0.6 is 23.2 Å². The van der Waals surface area contributed by atoms with Gasteiger partial charge in [-0.25, -0.2) is 4.79 Å². The third kappa shape index (κ3) is 3.47. The van der Waals surface area contributed by atoms with Crippen molar-refractivity contribution in [2.45, 2.75) is 0 Å². The summed E-state index contributed by atoms with van der Waals surface area (Å²) in [5.74, 6) is -0.758. The zero-order valence-electron chi connectivity index (χ0n) is 12.3. The largest absolute Gasteiger partial charge is 0.422 e. The first kappa shape index (κ1) is 16.9. The molecule has 2 aromatic carbocycles. The van der Waals surface area contributed by atoms with E-state index in [-0.39, 0.29) is 32.9 Å². The number of benzene rings is 2. The minimum absolute atomic E-state index is 0.136. The molecule has 7 nitrogen and oxygen atoms in total. The van der Waals surface area contributed by atoms with Crippen LogP contribution in [0.15, 0.2) is 51.7 Å². The van der Waals surface area contributed by atoms with Crippen LogP contribution in [0.4, 0.5) is 11.4 Å². The number of hydrogen-bond acceptors (Lipinski definition) is 5. The van der Waals surface area contributed by atoms with Crippen molar-refractivity contribution >= 4 is 51.5 Å². The van der Waals surface area contributed by atoms with Crippen LogP contribution in [0, 0.1) is 10.1 Å². The number of nitro benzene ring substituents is 1. The molecule has 3 aromatic rings. The Morgan fingerprint density at radius 2 is 1.88 bits per heavy atom. The number of amides is 1. The molecule has 1 aromatic heterocycles. The van der Waals surface area contributed by atoms with Gasteiger partial charge < -0.3 is 9.73 Å². The molecular formula is C16H8Cl2N2O5. The number of carbonyl (C=O) groups excluding carboxylic acids is 1. The maximum Gasteiger partial charge on any atom is 0.349 e. The SMILES string of the molecule is O=C(Nc1ccc(Cl)cc1Cl)c1cc2cc([N+](=O)[O-])ccc2oc1=O. The van der Waals surface area contributed by atoms with Gasteiger partial charge in [0.15, 0.2) is 0 Å². The smallest absolute Gasteiger partial charge is 0.349 e. The fraction of sp³-hybridized carbons (Fsp3) is 0. The summed E-state index contributed by atoms with van der Waals surface area (Å²) in [6, 6.07) is 9.39. The molecule has 1 heterocycles. The highest BCUT2D eigenvalue weighted by atomic mass is 35.5. The van der Waals surface area contributed by atoms with E-state index in [4.69, 9.17) is 27.6 Å². The molecule has 0 radical (unpaired) electrons. The summed E-state index contributed by atoms with van der Waals surface area (Å²) in [6.07, 6.45) is 0. The Morgan fingerprint density at radius 3 is 2.56 bits per heavy atom. The Morgan fingerprint density at radius 1 is 1.12 bits per heavy atom. The third-order valence-corrected chi connectivity index (χ3v) is 3.90. The third-order valence-electron chi connectivity index (χ3n) is 3.35. The van der Waals surface area contributed by atoms with Gasteiger partial charge in [-0.15, -0.1) is 0 Å². The summed E-state index contributed by atoms with van der Waals surface area (Å²) in [5.41, 5.74) is -0.970. The monoisotopic (exact) mass is 378 g/mol. The summed E-state index contributed by atoms with van der Waals surface area (Å²) in [6.45, 7) is 0. The fourth-order valence-electron chi connectivity index (χ4n) is 2.16. The maximum atomic E-state index is 12.3. The van der Waals surface area contributed by atoms with E-state index in [0.717, 1.165) is 0 Å². The summed E-state index contributed by atoms with van der Waals surface area (Å²) >= 11 is 11.8. The molecular weight excluding hydrogens is 371 g/mol. The summed E-state index contributed by atoms with van der Waals surface area (Å²) in [7, 11) is 0. The van der Waals surface area contributed by atoms with Gasteiger partial charge in [-0.05, 0) is 30.3 Å². The number of nitrogens with one attached hydrogen (secondary N) is 1. The number of hydrogen-bond donors (Lipinski definition) is 1. The van der Waals surface area contributed by atoms with Gasteiger partial charge in [0, 0.05) is 22.5 Å². The van der Waals surface area contributed by atoms with E-state index in [1.165, 1.54) is 42.5 Å². The van der Waals surface area contributed by atoms with E-state index in [1.54, 1.807) is 0 Å². The summed E-state index contributed by atoms with van der Waals surface area (Å²) in [4.78, 5) is 34.6. The highest BCUT2D eigenvalue weighted by molar-refractivity contribution is 6.36. The van der Waals surface area contributed by atoms with Gasteiger partial charge >= 0.3 is 5.63 Å². The van der Waals surface area contributed by atoms with Crippen LogP contribution in [0.3, 0.4) is 0 Å². The quantitative estimate of drug-likeness (QED) is 0.416. The van der Waals surface area contributed by atoms with Crippen LogP contribution in [0.25, 0.3) is 11.0 Å². The first-order chi connectivity index (χ1) is 11.8. The lowest BCUT2D eigenvalue weighted by molar-refractivity contribution is -0.384. The zero-order valence-corrected chi connectivity index (χ0v) is 13.8. The maximum absolute atomic E-state index is 12.3. The predicted molar refractivity (Wildman–Crippen MR) is 93.6 cm³/mol. The van der Waals surface area contributed by atoms with Gasteiger partial charge in [-0.3, -0.25) is 14.9 Å². The molecule has 0 atom stereocenters. The number of non-ortho nitro benzene ring substituents is 1. The molecule has 1 amide bonds. The Labute approximate surface area is 149 Å². The Balaban J connectivity index is 2.01. The number of fused-ring (bicyclic) bond motifs is 1. The molecule has 0 fully saturated rings. The lowest BCUT2D eigenvalue weighted by Gasteiger charge is -2.07. The molecule has 0 aliphatic rings. The van der Waals surface area contributed by atoms with Crippen LogP contribution < -0.4 is 10.9 Å².